The van der Waals surface area contributed by atoms with E-state index in [1.165, 1.54) is 5.56 Å². The molecule has 13 heavy (non-hydrogen) atoms. The van der Waals surface area contributed by atoms with Gasteiger partial charge in [0.1, 0.15) is 0 Å². The van der Waals surface area contributed by atoms with Gasteiger partial charge in [-0.05, 0) is 12.0 Å². The second-order valence-corrected chi connectivity index (χ2v) is 3.27. The lowest BCUT2D eigenvalue weighted by Gasteiger charge is -1.98. The Balaban J connectivity index is 3.01. The maximum Gasteiger partial charge on any atom is 0.0911 e. The van der Waals surface area contributed by atoms with Crippen molar-refractivity contribution in [2.24, 2.45) is 0 Å². The highest BCUT2D eigenvalue weighted by Crippen LogP contribution is 2.13. The quantitative estimate of drug-likeness (QED) is 0.488. The SMILES string of the molecule is CCC=C(C#C[SiH3])c1ccccc1. The lowest BCUT2D eigenvalue weighted by atomic mass is 10.1. The van der Waals surface area contributed by atoms with E-state index in [-0.39, 0.29) is 0 Å². The van der Waals surface area contributed by atoms with E-state index in [1.54, 1.807) is 0 Å². The molecule has 1 heteroatoms. The van der Waals surface area contributed by atoms with Crippen LogP contribution in [-0.4, -0.2) is 10.2 Å². The van der Waals surface area contributed by atoms with Crippen LogP contribution in [0.4, 0.5) is 0 Å². The first kappa shape index (κ1) is 9.82. The Labute approximate surface area is 83.1 Å². The smallest absolute Gasteiger partial charge is 0.0911 e. The molecule has 0 heterocycles. The molecule has 0 saturated carbocycles. The predicted molar refractivity (Wildman–Crippen MR) is 62.4 cm³/mol. The molecule has 0 bridgehead atoms. The van der Waals surface area contributed by atoms with Crippen LogP contribution in [0.1, 0.15) is 18.9 Å². The molecule has 0 aliphatic carbocycles. The van der Waals surface area contributed by atoms with Crippen molar-refractivity contribution in [1.82, 2.24) is 0 Å². The molecule has 0 nitrogen and oxygen atoms in total. The first-order valence-electron chi connectivity index (χ1n) is 4.56. The molecular formula is C12H14Si. The van der Waals surface area contributed by atoms with E-state index in [9.17, 15) is 0 Å². The van der Waals surface area contributed by atoms with Crippen LogP contribution >= 0.6 is 0 Å². The van der Waals surface area contributed by atoms with E-state index in [0.717, 1.165) is 22.2 Å². The highest BCUT2D eigenvalue weighted by molar-refractivity contribution is 6.23. The largest absolute Gasteiger partial charge is 0.138 e. The fraction of sp³-hybridized carbons (Fsp3) is 0.167. The van der Waals surface area contributed by atoms with Gasteiger partial charge in [0, 0.05) is 5.57 Å². The van der Waals surface area contributed by atoms with Crippen molar-refractivity contribution in [3.8, 4) is 11.5 Å². The highest BCUT2D eigenvalue weighted by Gasteiger charge is 1.94. The third-order valence-electron chi connectivity index (χ3n) is 1.75. The molecule has 1 aromatic rings. The van der Waals surface area contributed by atoms with Gasteiger partial charge in [0.25, 0.3) is 0 Å². The number of hydrogen-bond acceptors (Lipinski definition) is 0. The summed E-state index contributed by atoms with van der Waals surface area (Å²) < 4.78 is 0. The number of allylic oxidation sites excluding steroid dienone is 2. The molecule has 0 aliphatic rings. The number of benzene rings is 1. The zero-order chi connectivity index (χ0) is 9.52. The van der Waals surface area contributed by atoms with Gasteiger partial charge >= 0.3 is 0 Å². The summed E-state index contributed by atoms with van der Waals surface area (Å²) in [6.45, 7) is 2.14. The van der Waals surface area contributed by atoms with Crippen LogP contribution < -0.4 is 0 Å². The van der Waals surface area contributed by atoms with Crippen LogP contribution in [0.5, 0.6) is 0 Å². The predicted octanol–water partition coefficient (Wildman–Crippen LogP) is 1.81. The third-order valence-corrected chi connectivity index (χ3v) is 2.00. The molecule has 0 aromatic heterocycles. The summed E-state index contributed by atoms with van der Waals surface area (Å²) in [4.78, 5) is 0. The zero-order valence-electron chi connectivity index (χ0n) is 8.17. The second-order valence-electron chi connectivity index (χ2n) is 2.77. The Kier molecular flexibility index (Phi) is 4.08. The van der Waals surface area contributed by atoms with Gasteiger partial charge in [-0.3, -0.25) is 0 Å². The summed E-state index contributed by atoms with van der Waals surface area (Å²) >= 11 is 0. The molecule has 1 rings (SSSR count). The molecule has 0 unspecified atom stereocenters. The molecule has 0 aliphatic heterocycles. The van der Waals surface area contributed by atoms with E-state index in [1.807, 2.05) is 18.2 Å². The minimum Gasteiger partial charge on any atom is -0.138 e. The van der Waals surface area contributed by atoms with Gasteiger partial charge in [0.2, 0.25) is 0 Å². The lowest BCUT2D eigenvalue weighted by Crippen LogP contribution is -1.80. The van der Waals surface area contributed by atoms with Gasteiger partial charge < -0.3 is 0 Å². The van der Waals surface area contributed by atoms with Crippen molar-refractivity contribution >= 4 is 15.8 Å². The molecular weight excluding hydrogens is 172 g/mol. The van der Waals surface area contributed by atoms with Crippen LogP contribution in [0.15, 0.2) is 36.4 Å². The molecule has 0 spiro atoms. The average Bonchev–Trinajstić information content (AvgIpc) is 2.19. The Morgan fingerprint density at radius 3 is 2.62 bits per heavy atom. The van der Waals surface area contributed by atoms with Gasteiger partial charge in [-0.2, -0.15) is 0 Å². The molecule has 0 amide bonds. The van der Waals surface area contributed by atoms with Gasteiger partial charge in [-0.1, -0.05) is 49.3 Å². The van der Waals surface area contributed by atoms with Crippen molar-refractivity contribution in [2.45, 2.75) is 13.3 Å². The summed E-state index contributed by atoms with van der Waals surface area (Å²) in [6.07, 6.45) is 3.22. The van der Waals surface area contributed by atoms with E-state index in [2.05, 4.69) is 36.6 Å². The van der Waals surface area contributed by atoms with E-state index in [4.69, 9.17) is 0 Å². The fourth-order valence-corrected chi connectivity index (χ4v) is 1.47. The van der Waals surface area contributed by atoms with Crippen LogP contribution in [0, 0.1) is 11.5 Å². The zero-order valence-corrected chi connectivity index (χ0v) is 10.2. The maximum absolute atomic E-state index is 3.17. The van der Waals surface area contributed by atoms with Gasteiger partial charge in [0.05, 0.1) is 10.2 Å². The molecule has 1 aromatic carbocycles. The molecule has 66 valence electrons. The summed E-state index contributed by atoms with van der Waals surface area (Å²) in [6, 6.07) is 10.3. The third kappa shape index (κ3) is 2.93. The summed E-state index contributed by atoms with van der Waals surface area (Å²) in [5, 5.41) is 0. The molecule has 0 saturated heterocycles. The van der Waals surface area contributed by atoms with Crippen molar-refractivity contribution in [3.63, 3.8) is 0 Å². The summed E-state index contributed by atoms with van der Waals surface area (Å²) in [5.74, 6) is 3.17. The fourth-order valence-electron chi connectivity index (χ4n) is 1.20. The Morgan fingerprint density at radius 1 is 1.38 bits per heavy atom. The van der Waals surface area contributed by atoms with Gasteiger partial charge in [-0.15, -0.1) is 5.54 Å². The van der Waals surface area contributed by atoms with Gasteiger partial charge in [-0.25, -0.2) is 0 Å². The Hall–Kier alpha value is -1.26. The normalized spacial score (nSPS) is 10.7. The minimum absolute atomic E-state index is 0.943. The standard InChI is InChI=1S/C12H14Si/c1-2-6-11(9-10-13)12-7-4-3-5-8-12/h3-8H,2H2,1,13H3. The van der Waals surface area contributed by atoms with E-state index < -0.39 is 0 Å². The Bertz CT molecular complexity index is 338. The Morgan fingerprint density at radius 2 is 2.08 bits per heavy atom. The first-order chi connectivity index (χ1) is 6.38. The van der Waals surface area contributed by atoms with Crippen LogP contribution in [0.3, 0.4) is 0 Å². The number of hydrogen-bond donors (Lipinski definition) is 0. The maximum atomic E-state index is 3.17. The molecule has 0 N–H and O–H groups in total. The topological polar surface area (TPSA) is 0 Å². The van der Waals surface area contributed by atoms with Crippen molar-refractivity contribution < 1.29 is 0 Å². The second kappa shape index (κ2) is 5.39. The van der Waals surface area contributed by atoms with Crippen LogP contribution in [0.2, 0.25) is 0 Å². The summed E-state index contributed by atoms with van der Waals surface area (Å²) in [5.41, 5.74) is 5.47. The molecule has 0 radical (unpaired) electrons. The van der Waals surface area contributed by atoms with Crippen molar-refractivity contribution in [1.29, 1.82) is 0 Å². The van der Waals surface area contributed by atoms with Gasteiger partial charge in [0.15, 0.2) is 0 Å². The first-order valence-corrected chi connectivity index (χ1v) is 5.56. The van der Waals surface area contributed by atoms with Crippen molar-refractivity contribution in [2.75, 3.05) is 0 Å². The average molecular weight is 186 g/mol. The molecule has 0 atom stereocenters. The molecule has 0 fully saturated rings. The lowest BCUT2D eigenvalue weighted by molar-refractivity contribution is 1.23. The van der Waals surface area contributed by atoms with E-state index >= 15 is 0 Å². The minimum atomic E-state index is 0.943. The van der Waals surface area contributed by atoms with Crippen LogP contribution in [0.25, 0.3) is 5.57 Å². The van der Waals surface area contributed by atoms with Crippen LogP contribution in [-0.2, 0) is 0 Å². The highest BCUT2D eigenvalue weighted by atomic mass is 28.1. The van der Waals surface area contributed by atoms with Crippen molar-refractivity contribution in [3.05, 3.63) is 42.0 Å². The monoisotopic (exact) mass is 186 g/mol. The summed E-state index contributed by atoms with van der Waals surface area (Å²) in [7, 11) is 0.943. The van der Waals surface area contributed by atoms with E-state index in [0.29, 0.717) is 0 Å². The number of rotatable bonds is 2.